The molecule has 0 saturated heterocycles. The van der Waals surface area contributed by atoms with Gasteiger partial charge < -0.3 is 18.3 Å². The maximum absolute atomic E-state index is 6.79. The maximum Gasteiger partial charge on any atom is 0.159 e. The fraction of sp³-hybridized carbons (Fsp3) is 0.0385. The van der Waals surface area contributed by atoms with Crippen LogP contribution in [0.1, 0.15) is 24.2 Å². The van der Waals surface area contributed by atoms with Crippen LogP contribution >= 0.6 is 0 Å². The number of fused-ring (bicyclic) bond motifs is 8. The van der Waals surface area contributed by atoms with Crippen LogP contribution in [0.2, 0.25) is 0 Å². The summed E-state index contributed by atoms with van der Waals surface area (Å²) in [5, 5.41) is 8.05. The van der Waals surface area contributed by atoms with E-state index >= 15 is 0 Å². The van der Waals surface area contributed by atoms with Gasteiger partial charge in [-0.1, -0.05) is 128 Å². The summed E-state index contributed by atoms with van der Waals surface area (Å²) in [6, 6.07) is 53.8. The molecule has 11 rings (SSSR count). The number of hydrogen-bond donors (Lipinski definition) is 0. The second kappa shape index (κ2) is 12.9. The van der Waals surface area contributed by atoms with Crippen LogP contribution in [0.25, 0.3) is 83.3 Å². The van der Waals surface area contributed by atoms with Crippen LogP contribution in [0.15, 0.2) is 197 Å². The number of aromatic nitrogens is 1. The Hall–Kier alpha value is -7.30. The summed E-state index contributed by atoms with van der Waals surface area (Å²) in [6.07, 6.45) is 12.5. The third-order valence-electron chi connectivity index (χ3n) is 11.3. The highest BCUT2D eigenvalue weighted by Crippen LogP contribution is 2.46. The van der Waals surface area contributed by atoms with E-state index in [0.29, 0.717) is 0 Å². The molecule has 0 N–H and O–H groups in total. The maximum atomic E-state index is 6.79. The van der Waals surface area contributed by atoms with Crippen molar-refractivity contribution >= 4 is 89.0 Å². The van der Waals surface area contributed by atoms with Crippen molar-refractivity contribution in [1.82, 2.24) is 4.57 Å². The molecule has 0 bridgehead atoms. The molecular formula is C52H36N2O2. The number of allylic oxidation sites excluding steroid dienone is 5. The van der Waals surface area contributed by atoms with Crippen LogP contribution in [0.3, 0.4) is 0 Å². The monoisotopic (exact) mass is 720 g/mol. The number of para-hydroxylation sites is 6. The molecule has 1 aliphatic rings. The van der Waals surface area contributed by atoms with Crippen LogP contribution in [0.4, 0.5) is 11.4 Å². The molecule has 10 aromatic rings. The lowest BCUT2D eigenvalue weighted by Crippen LogP contribution is -2.21. The Balaban J connectivity index is 1.18. The molecule has 3 aromatic heterocycles. The molecule has 266 valence electrons. The van der Waals surface area contributed by atoms with Crippen molar-refractivity contribution in [2.24, 2.45) is 0 Å². The van der Waals surface area contributed by atoms with E-state index in [4.69, 9.17) is 8.83 Å². The molecule has 7 aromatic carbocycles. The quantitative estimate of drug-likeness (QED) is 0.164. The summed E-state index contributed by atoms with van der Waals surface area (Å²) in [7, 11) is 0. The lowest BCUT2D eigenvalue weighted by molar-refractivity contribution is 0.604. The largest absolute Gasteiger partial charge is 0.456 e. The van der Waals surface area contributed by atoms with Gasteiger partial charge in [-0.15, -0.1) is 0 Å². The number of nitrogens with zero attached hydrogens (tertiary/aromatic N) is 2. The standard InChI is InChI=1S/C52H36N2O2/c1-2-49-40(42-32-35-17-3-4-18-36(35)33-51(42)55-49)31-30-34-16-5-9-23-43(34)53(48-28-15-22-41-39-21-8-14-29-50(39)56-52(41)48)46-26-12-13-27-47(46)54-44-24-10-6-19-37(44)38-20-7-11-25-45(38)54/h2-8,10-22,24-33H,1,9,23H2/b31-30+. The van der Waals surface area contributed by atoms with Gasteiger partial charge in [0.05, 0.1) is 28.1 Å². The zero-order valence-electron chi connectivity index (χ0n) is 30.7. The first-order valence-electron chi connectivity index (χ1n) is 19.2. The van der Waals surface area contributed by atoms with Crippen molar-refractivity contribution in [3.05, 3.63) is 199 Å². The summed E-state index contributed by atoms with van der Waals surface area (Å²) in [5.41, 5.74) is 11.4. The molecule has 4 nitrogen and oxygen atoms in total. The molecule has 0 spiro atoms. The van der Waals surface area contributed by atoms with Crippen LogP contribution in [0, 0.1) is 0 Å². The molecule has 0 unspecified atom stereocenters. The molecule has 0 fully saturated rings. The SMILES string of the molecule is C=Cc1oc2cc3ccccc3cc2c1/C=C/C1=C(N(c2ccccc2-n2c3ccccc3c3ccccc32)c2cccc3c2oc2ccccc23)CCC=C1. The highest BCUT2D eigenvalue weighted by Gasteiger charge is 2.26. The second-order valence-electron chi connectivity index (χ2n) is 14.4. The predicted octanol–water partition coefficient (Wildman–Crippen LogP) is 14.7. The third kappa shape index (κ3) is 5.00. The average Bonchev–Trinajstić information content (AvgIpc) is 3.92. The Kier molecular flexibility index (Phi) is 7.42. The first kappa shape index (κ1) is 32.2. The first-order valence-corrected chi connectivity index (χ1v) is 19.2. The van der Waals surface area contributed by atoms with Gasteiger partial charge in [0.1, 0.15) is 16.9 Å². The van der Waals surface area contributed by atoms with Gasteiger partial charge >= 0.3 is 0 Å². The normalized spacial score (nSPS) is 13.4. The molecule has 0 amide bonds. The molecule has 56 heavy (non-hydrogen) atoms. The third-order valence-corrected chi connectivity index (χ3v) is 11.3. The number of anilines is 2. The van der Waals surface area contributed by atoms with Gasteiger partial charge in [-0.2, -0.15) is 0 Å². The number of rotatable bonds is 7. The van der Waals surface area contributed by atoms with E-state index in [2.05, 4.69) is 186 Å². The van der Waals surface area contributed by atoms with E-state index < -0.39 is 0 Å². The highest BCUT2D eigenvalue weighted by molar-refractivity contribution is 6.12. The summed E-state index contributed by atoms with van der Waals surface area (Å²) in [4.78, 5) is 2.45. The van der Waals surface area contributed by atoms with E-state index in [1.807, 2.05) is 12.1 Å². The van der Waals surface area contributed by atoms with E-state index in [0.717, 1.165) is 96.1 Å². The van der Waals surface area contributed by atoms with Gasteiger partial charge in [0.25, 0.3) is 0 Å². The minimum Gasteiger partial charge on any atom is -0.456 e. The van der Waals surface area contributed by atoms with Crippen molar-refractivity contribution in [2.45, 2.75) is 12.8 Å². The Morgan fingerprint density at radius 1 is 0.571 bits per heavy atom. The molecule has 4 heteroatoms. The second-order valence-corrected chi connectivity index (χ2v) is 14.4. The summed E-state index contributed by atoms with van der Waals surface area (Å²) in [6.45, 7) is 4.12. The van der Waals surface area contributed by atoms with Crippen molar-refractivity contribution in [2.75, 3.05) is 4.90 Å². The predicted molar refractivity (Wildman–Crippen MR) is 235 cm³/mol. The van der Waals surface area contributed by atoms with Crippen LogP contribution in [0.5, 0.6) is 0 Å². The first-order chi connectivity index (χ1) is 27.7. The molecule has 0 atom stereocenters. The Labute approximate surface area is 323 Å². The van der Waals surface area contributed by atoms with Gasteiger partial charge in [0.15, 0.2) is 5.58 Å². The Bertz CT molecular complexity index is 3240. The molecule has 0 radical (unpaired) electrons. The van der Waals surface area contributed by atoms with Crippen molar-refractivity contribution in [3.63, 3.8) is 0 Å². The summed E-state index contributed by atoms with van der Waals surface area (Å²) >= 11 is 0. The van der Waals surface area contributed by atoms with Crippen LogP contribution in [-0.4, -0.2) is 4.57 Å². The van der Waals surface area contributed by atoms with Gasteiger partial charge in [0.2, 0.25) is 0 Å². The lowest BCUT2D eigenvalue weighted by atomic mass is 9.98. The van der Waals surface area contributed by atoms with Gasteiger partial charge in [-0.3, -0.25) is 0 Å². The Morgan fingerprint density at radius 3 is 2.04 bits per heavy atom. The fourth-order valence-corrected chi connectivity index (χ4v) is 8.73. The van der Waals surface area contributed by atoms with Crippen molar-refractivity contribution in [3.8, 4) is 5.69 Å². The molecule has 0 saturated carbocycles. The number of benzene rings is 7. The fourth-order valence-electron chi connectivity index (χ4n) is 8.73. The average molecular weight is 721 g/mol. The molecular weight excluding hydrogens is 685 g/mol. The zero-order valence-corrected chi connectivity index (χ0v) is 30.7. The molecule has 3 heterocycles. The van der Waals surface area contributed by atoms with Crippen molar-refractivity contribution < 1.29 is 8.83 Å². The van der Waals surface area contributed by atoms with E-state index in [9.17, 15) is 0 Å². The van der Waals surface area contributed by atoms with Gasteiger partial charge in [0, 0.05) is 38.2 Å². The molecule has 0 aliphatic heterocycles. The minimum atomic E-state index is 0.758. The summed E-state index contributed by atoms with van der Waals surface area (Å²) < 4.78 is 15.6. The zero-order chi connectivity index (χ0) is 37.2. The summed E-state index contributed by atoms with van der Waals surface area (Å²) in [5.74, 6) is 0.758. The smallest absolute Gasteiger partial charge is 0.159 e. The Morgan fingerprint density at radius 2 is 1.23 bits per heavy atom. The van der Waals surface area contributed by atoms with E-state index in [1.165, 1.54) is 21.9 Å². The minimum absolute atomic E-state index is 0.758. The van der Waals surface area contributed by atoms with Crippen LogP contribution < -0.4 is 4.90 Å². The van der Waals surface area contributed by atoms with Crippen molar-refractivity contribution in [1.29, 1.82) is 0 Å². The topological polar surface area (TPSA) is 34.5 Å². The number of hydrogen-bond acceptors (Lipinski definition) is 3. The molecule has 1 aliphatic carbocycles. The highest BCUT2D eigenvalue weighted by atomic mass is 16.3. The van der Waals surface area contributed by atoms with Gasteiger partial charge in [-0.25, -0.2) is 0 Å². The van der Waals surface area contributed by atoms with Gasteiger partial charge in [-0.05, 0) is 89.9 Å². The van der Waals surface area contributed by atoms with Crippen LogP contribution in [-0.2, 0) is 0 Å². The van der Waals surface area contributed by atoms with E-state index in [-0.39, 0.29) is 0 Å². The number of furan rings is 2. The van der Waals surface area contributed by atoms with E-state index in [1.54, 1.807) is 0 Å². The lowest BCUT2D eigenvalue weighted by Gasteiger charge is -2.32.